The molecule has 2 unspecified atom stereocenters. The fourth-order valence-corrected chi connectivity index (χ4v) is 5.73. The zero-order chi connectivity index (χ0) is 28.0. The molecule has 0 saturated carbocycles. The Morgan fingerprint density at radius 2 is 1.51 bits per heavy atom. The third-order valence-corrected chi connectivity index (χ3v) is 8.50. The molecule has 0 aromatic heterocycles. The van der Waals surface area contributed by atoms with Crippen molar-refractivity contribution in [3.05, 3.63) is 0 Å². The van der Waals surface area contributed by atoms with Crippen LogP contribution in [-0.4, -0.2) is 171 Å². The normalized spacial score (nSPS) is 53.1. The number of aliphatic hydroxyl groups excluding tert-OH is 8. The number of hydrogen-bond donors (Lipinski definition) is 11. The first-order chi connectivity index (χ1) is 17.1. The second-order valence-electron chi connectivity index (χ2n) is 9.94. The molecule has 3 saturated heterocycles. The lowest BCUT2D eigenvalue weighted by Gasteiger charge is -2.57. The number of carbonyl (C=O) groups excluding carboxylic acids is 1. The highest BCUT2D eigenvalue weighted by Gasteiger charge is 2.66. The van der Waals surface area contributed by atoms with Crippen LogP contribution in [0.1, 0.15) is 13.8 Å². The van der Waals surface area contributed by atoms with Gasteiger partial charge in [0, 0.05) is 6.92 Å². The zero-order valence-corrected chi connectivity index (χ0v) is 22.4. The van der Waals surface area contributed by atoms with Gasteiger partial charge in [-0.05, 0) is 6.92 Å². The average molecular weight is 560 g/mol. The highest BCUT2D eigenvalue weighted by molar-refractivity contribution is 6.15. The van der Waals surface area contributed by atoms with Gasteiger partial charge < -0.3 is 75.3 Å². The van der Waals surface area contributed by atoms with E-state index in [-0.39, 0.29) is 10.2 Å². The van der Waals surface area contributed by atoms with Crippen molar-refractivity contribution >= 4 is 16.1 Å². The van der Waals surface area contributed by atoms with E-state index < -0.39 is 110 Å². The van der Waals surface area contributed by atoms with Crippen molar-refractivity contribution in [3.63, 3.8) is 0 Å². The van der Waals surface area contributed by atoms with Crippen LogP contribution in [0, 0.1) is 0 Å². The van der Waals surface area contributed by atoms with E-state index in [0.717, 1.165) is 6.92 Å². The number of ether oxygens (including phenoxy) is 4. The Bertz CT molecular complexity index is 808. The Morgan fingerprint density at radius 3 is 2.05 bits per heavy atom. The maximum absolute atomic E-state index is 12.1. The maximum atomic E-state index is 12.1. The van der Waals surface area contributed by atoms with Crippen LogP contribution in [0.15, 0.2) is 0 Å². The van der Waals surface area contributed by atoms with Crippen LogP contribution in [0.2, 0.25) is 0 Å². The highest BCUT2D eigenvalue weighted by atomic mass is 28.1. The van der Waals surface area contributed by atoms with Gasteiger partial charge in [-0.25, -0.2) is 0 Å². The van der Waals surface area contributed by atoms with Crippen molar-refractivity contribution in [2.45, 2.75) is 104 Å². The Kier molecular flexibility index (Phi) is 9.38. The Hall–Kier alpha value is -0.873. The summed E-state index contributed by atoms with van der Waals surface area (Å²) in [7, 11) is -0.235. The molecule has 1 amide bonds. The molecule has 0 bridgehead atoms. The van der Waals surface area contributed by atoms with Gasteiger partial charge in [0.15, 0.2) is 12.6 Å². The van der Waals surface area contributed by atoms with Crippen LogP contribution in [-0.2, 0) is 23.7 Å². The monoisotopic (exact) mass is 559 g/mol. The summed E-state index contributed by atoms with van der Waals surface area (Å²) in [6, 6.07) is -1.83. The topological polar surface area (TPSA) is 268 Å². The van der Waals surface area contributed by atoms with Gasteiger partial charge >= 0.3 is 0 Å². The van der Waals surface area contributed by atoms with Crippen LogP contribution in [0.4, 0.5) is 0 Å². The Morgan fingerprint density at radius 1 is 0.919 bits per heavy atom. The van der Waals surface area contributed by atoms with Crippen LogP contribution < -0.4 is 5.32 Å². The van der Waals surface area contributed by atoms with Gasteiger partial charge in [-0.2, -0.15) is 0 Å². The van der Waals surface area contributed by atoms with Crippen LogP contribution in [0.5, 0.6) is 0 Å². The van der Waals surface area contributed by atoms with Crippen LogP contribution >= 0.6 is 0 Å². The second-order valence-corrected chi connectivity index (χ2v) is 11.5. The van der Waals surface area contributed by atoms with E-state index >= 15 is 0 Å². The molecular formula is C20H37NO15Si. The van der Waals surface area contributed by atoms with Crippen molar-refractivity contribution in [1.29, 1.82) is 0 Å². The summed E-state index contributed by atoms with van der Waals surface area (Å²) >= 11 is 0. The fraction of sp³-hybridized carbons (Fsp3) is 0.950. The molecule has 15 atom stereocenters. The molecule has 3 aliphatic heterocycles. The van der Waals surface area contributed by atoms with E-state index in [1.54, 1.807) is 0 Å². The predicted molar refractivity (Wildman–Crippen MR) is 120 cm³/mol. The van der Waals surface area contributed by atoms with Crippen molar-refractivity contribution in [2.75, 3.05) is 13.2 Å². The molecule has 0 aromatic rings. The molecule has 3 rings (SSSR count). The summed E-state index contributed by atoms with van der Waals surface area (Å²) in [4.78, 5) is 12.0. The molecule has 37 heavy (non-hydrogen) atoms. The van der Waals surface area contributed by atoms with E-state index in [0.29, 0.717) is 0 Å². The summed E-state index contributed by atoms with van der Waals surface area (Å²) in [5.41, 5.74) is -2.75. The van der Waals surface area contributed by atoms with E-state index in [1.165, 1.54) is 6.92 Å². The van der Waals surface area contributed by atoms with Gasteiger partial charge in [0.2, 0.25) is 5.91 Å². The maximum Gasteiger partial charge on any atom is 0.217 e. The van der Waals surface area contributed by atoms with Gasteiger partial charge in [-0.1, -0.05) is 0 Å². The third-order valence-electron chi connectivity index (χ3n) is 7.31. The smallest absolute Gasteiger partial charge is 0.217 e. The summed E-state index contributed by atoms with van der Waals surface area (Å²) in [5, 5.41) is 105. The molecular weight excluding hydrogens is 522 g/mol. The lowest BCUT2D eigenvalue weighted by molar-refractivity contribution is -0.387. The molecule has 216 valence electrons. The van der Waals surface area contributed by atoms with E-state index in [2.05, 4.69) is 5.32 Å². The average Bonchev–Trinajstić information content (AvgIpc) is 2.84. The molecule has 3 aliphatic rings. The number of carbonyl (C=O) groups is 1. The molecule has 11 N–H and O–H groups in total. The summed E-state index contributed by atoms with van der Waals surface area (Å²) in [6.45, 7) is 0.637. The second kappa shape index (κ2) is 11.3. The molecule has 3 heterocycles. The molecule has 16 nitrogen and oxygen atoms in total. The third kappa shape index (κ3) is 5.32. The van der Waals surface area contributed by atoms with Crippen LogP contribution in [0.3, 0.4) is 0 Å². The zero-order valence-electron chi connectivity index (χ0n) is 20.4. The fourth-order valence-electron chi connectivity index (χ4n) is 5.09. The minimum atomic E-state index is -2.75. The number of rotatable bonds is 6. The Balaban J connectivity index is 2.10. The van der Waals surface area contributed by atoms with E-state index in [1.807, 2.05) is 0 Å². The first-order valence-corrected chi connectivity index (χ1v) is 12.8. The summed E-state index contributed by atoms with van der Waals surface area (Å²) in [5.74, 6) is -0.780. The van der Waals surface area contributed by atoms with Gasteiger partial charge in [0.1, 0.15) is 71.8 Å². The number of amides is 1. The standard InChI is InChI=1S/C20H37NO15Si/c1-5-9(25)10(26)11(27)16(33-5)19(31)12(21-6(2)24)17(30)34-8(4-23)15(19)36-18-14(29)20(32,37)13(28)7(3-22)35-18/h5,7-18,22-23,25-32H,3-4H2,1-2,37H3,(H,21,24)/t5-,7+,8+,9+,10+,11-,12-,13-,14-,15+,16?,17?,18-,19+,20+/m0/s1. The van der Waals surface area contributed by atoms with Crippen molar-refractivity contribution in [1.82, 2.24) is 5.32 Å². The molecule has 0 spiro atoms. The molecule has 17 heteroatoms. The summed E-state index contributed by atoms with van der Waals surface area (Å²) in [6.07, 6.45) is -21.1. The lowest BCUT2D eigenvalue weighted by Crippen LogP contribution is -2.81. The summed E-state index contributed by atoms with van der Waals surface area (Å²) < 4.78 is 22.1. The minimum absolute atomic E-state index is 0.235. The van der Waals surface area contributed by atoms with Crippen molar-refractivity contribution < 1.29 is 74.8 Å². The Labute approximate surface area is 214 Å². The quantitative estimate of drug-likeness (QED) is 0.135. The molecule has 0 radical (unpaired) electrons. The lowest BCUT2D eigenvalue weighted by atomic mass is 9.73. The van der Waals surface area contributed by atoms with Gasteiger partial charge in [0.05, 0.1) is 29.6 Å². The van der Waals surface area contributed by atoms with Gasteiger partial charge in [-0.15, -0.1) is 0 Å². The highest BCUT2D eigenvalue weighted by Crippen LogP contribution is 2.42. The van der Waals surface area contributed by atoms with Crippen molar-refractivity contribution in [3.8, 4) is 0 Å². The first-order valence-electron chi connectivity index (χ1n) is 11.8. The van der Waals surface area contributed by atoms with Gasteiger partial charge in [0.25, 0.3) is 0 Å². The molecule has 0 aliphatic carbocycles. The van der Waals surface area contributed by atoms with Crippen molar-refractivity contribution in [2.24, 2.45) is 0 Å². The van der Waals surface area contributed by atoms with Gasteiger partial charge in [-0.3, -0.25) is 4.79 Å². The molecule has 3 fully saturated rings. The minimum Gasteiger partial charge on any atom is -0.394 e. The molecule has 0 aromatic carbocycles. The largest absolute Gasteiger partial charge is 0.394 e. The number of hydrogen-bond acceptors (Lipinski definition) is 15. The SMILES string of the molecule is CC(=O)N[C@H]1C(O)O[C@H](CO)[C@@H](O[C@@H]2O[C@H](CO)[C@H](O)[C@@](O)([SiH3])[C@H]2O)[C@@]1(O)C1O[C@@H](C)[C@@H](O)[C@@H](O)[C@@H]1O. The van der Waals surface area contributed by atoms with Crippen LogP contribution in [0.25, 0.3) is 0 Å². The van der Waals surface area contributed by atoms with E-state index in [4.69, 9.17) is 18.9 Å². The number of aliphatic hydroxyl groups is 10. The van der Waals surface area contributed by atoms with E-state index in [9.17, 15) is 55.9 Å². The first kappa shape index (κ1) is 30.7. The number of nitrogens with one attached hydrogen (secondary N) is 1. The predicted octanol–water partition coefficient (Wildman–Crippen LogP) is -8.32.